The molecule has 0 bridgehead atoms. The van der Waals surface area contributed by atoms with E-state index in [1.807, 2.05) is 0 Å². The minimum atomic E-state index is -4.96. The van der Waals surface area contributed by atoms with E-state index in [2.05, 4.69) is 41.5 Å². The molecular formula is C85H166O17P2. The molecule has 0 saturated heterocycles. The van der Waals surface area contributed by atoms with Crippen LogP contribution < -0.4 is 0 Å². The van der Waals surface area contributed by atoms with Crippen LogP contribution in [0.4, 0.5) is 0 Å². The summed E-state index contributed by atoms with van der Waals surface area (Å²) in [7, 11) is -9.92. The topological polar surface area (TPSA) is 237 Å². The highest BCUT2D eigenvalue weighted by Gasteiger charge is 2.30. The first-order valence-corrected chi connectivity index (χ1v) is 47.0. The van der Waals surface area contributed by atoms with Crippen LogP contribution in [0.25, 0.3) is 0 Å². The molecular weight excluding hydrogens is 1350 g/mol. The van der Waals surface area contributed by atoms with Gasteiger partial charge in [0.05, 0.1) is 26.4 Å². The van der Waals surface area contributed by atoms with E-state index in [-0.39, 0.29) is 25.7 Å². The Balaban J connectivity index is 5.20. The fraction of sp³-hybridized carbons (Fsp3) is 0.953. The molecule has 0 aromatic heterocycles. The van der Waals surface area contributed by atoms with Gasteiger partial charge in [-0.25, -0.2) is 9.13 Å². The van der Waals surface area contributed by atoms with Gasteiger partial charge < -0.3 is 33.8 Å². The van der Waals surface area contributed by atoms with E-state index in [1.54, 1.807) is 0 Å². The second-order valence-electron chi connectivity index (χ2n) is 31.3. The number of rotatable bonds is 84. The molecule has 0 heterocycles. The molecule has 0 aliphatic rings. The number of hydrogen-bond acceptors (Lipinski definition) is 15. The van der Waals surface area contributed by atoms with Crippen molar-refractivity contribution in [3.63, 3.8) is 0 Å². The van der Waals surface area contributed by atoms with Gasteiger partial charge in [0.15, 0.2) is 12.2 Å². The average molecular weight is 1520 g/mol. The maximum atomic E-state index is 13.1. The SMILES string of the molecule is CCCCCCCCCCCCCCCCCCCCCCCCC(=O)O[C@H](COC(=O)CCCCCCCCCCCCCCCCC(C)CC)COP(=O)(O)OC[C@@H](O)COP(=O)(O)OC[C@@H](COC(=O)CCCCCCCCCCC)OC(=O)CCCCCCCCCCCCCCC(C)C. The number of carbonyl (C=O) groups excluding carboxylic acids is 4. The number of hydrogen-bond donors (Lipinski definition) is 3. The van der Waals surface area contributed by atoms with E-state index in [0.717, 1.165) is 102 Å². The van der Waals surface area contributed by atoms with Gasteiger partial charge >= 0.3 is 39.5 Å². The standard InChI is InChI=1S/C85H166O17P2/c1-7-10-12-14-16-18-19-20-21-22-23-24-25-26-27-28-33-39-45-51-57-63-69-84(89)102-81(74-96-83(88)68-62-56-50-44-38-32-30-29-31-37-43-48-54-60-66-78(6)9-3)76-100-104(93,94)98-72-79(86)71-97-103(91,92)99-75-80(73-95-82(87)67-61-55-49-41-17-15-13-11-8-2)101-85(90)70-64-58-52-46-40-35-34-36-42-47-53-59-65-77(4)5/h77-81,86H,7-76H2,1-6H3,(H,91,92)(H,93,94)/t78?,79-,80+,81+/m0/s1. The molecule has 0 spiro atoms. The van der Waals surface area contributed by atoms with Crippen molar-refractivity contribution < 1.29 is 80.2 Å². The Morgan fingerprint density at radius 1 is 0.279 bits per heavy atom. The summed E-state index contributed by atoms with van der Waals surface area (Å²) in [5, 5.41) is 10.7. The van der Waals surface area contributed by atoms with Crippen LogP contribution in [-0.2, 0) is 65.4 Å². The molecule has 0 fully saturated rings. The third-order valence-corrected chi connectivity index (χ3v) is 22.2. The van der Waals surface area contributed by atoms with Crippen molar-refractivity contribution in [2.45, 2.75) is 471 Å². The van der Waals surface area contributed by atoms with Crippen LogP contribution in [0.5, 0.6) is 0 Å². The Kier molecular flexibility index (Phi) is 75.0. The predicted octanol–water partition coefficient (Wildman–Crippen LogP) is 25.8. The first-order chi connectivity index (χ1) is 50.4. The van der Waals surface area contributed by atoms with Crippen molar-refractivity contribution in [3.8, 4) is 0 Å². The van der Waals surface area contributed by atoms with Gasteiger partial charge in [-0.2, -0.15) is 0 Å². The van der Waals surface area contributed by atoms with Crippen LogP contribution in [0, 0.1) is 11.8 Å². The highest BCUT2D eigenvalue weighted by Crippen LogP contribution is 2.45. The van der Waals surface area contributed by atoms with E-state index in [1.165, 1.54) is 270 Å². The Morgan fingerprint density at radius 2 is 0.490 bits per heavy atom. The van der Waals surface area contributed by atoms with Crippen molar-refractivity contribution in [2.75, 3.05) is 39.6 Å². The highest BCUT2D eigenvalue weighted by atomic mass is 31.2. The van der Waals surface area contributed by atoms with Crippen molar-refractivity contribution in [2.24, 2.45) is 11.8 Å². The zero-order valence-electron chi connectivity index (χ0n) is 68.3. The second kappa shape index (κ2) is 76.4. The molecule has 0 amide bonds. The Labute approximate surface area is 638 Å². The zero-order chi connectivity index (χ0) is 76.4. The number of esters is 4. The molecule has 6 atom stereocenters. The number of phosphoric acid groups is 2. The largest absolute Gasteiger partial charge is 0.472 e. The summed E-state index contributed by atoms with van der Waals surface area (Å²) >= 11 is 0. The maximum absolute atomic E-state index is 13.1. The minimum absolute atomic E-state index is 0.107. The van der Waals surface area contributed by atoms with Crippen LogP contribution in [-0.4, -0.2) is 96.7 Å². The van der Waals surface area contributed by atoms with E-state index in [9.17, 15) is 43.2 Å². The van der Waals surface area contributed by atoms with Gasteiger partial charge in [0.2, 0.25) is 0 Å². The molecule has 0 saturated carbocycles. The Hall–Kier alpha value is -1.94. The summed E-state index contributed by atoms with van der Waals surface area (Å²) in [5.41, 5.74) is 0. The summed E-state index contributed by atoms with van der Waals surface area (Å²) in [4.78, 5) is 73.1. The molecule has 0 radical (unpaired) electrons. The minimum Gasteiger partial charge on any atom is -0.462 e. The van der Waals surface area contributed by atoms with E-state index in [0.29, 0.717) is 25.7 Å². The van der Waals surface area contributed by atoms with Gasteiger partial charge in [-0.15, -0.1) is 0 Å². The van der Waals surface area contributed by atoms with E-state index in [4.69, 9.17) is 37.0 Å². The predicted molar refractivity (Wildman–Crippen MR) is 428 cm³/mol. The van der Waals surface area contributed by atoms with Gasteiger partial charge in [0.1, 0.15) is 19.3 Å². The first kappa shape index (κ1) is 102. The van der Waals surface area contributed by atoms with Gasteiger partial charge in [-0.05, 0) is 37.5 Å². The molecule has 0 aromatic carbocycles. The summed E-state index contributed by atoms with van der Waals surface area (Å²) in [6, 6.07) is 0. The monoisotopic (exact) mass is 1520 g/mol. The molecule has 0 rings (SSSR count). The number of ether oxygens (including phenoxy) is 4. The van der Waals surface area contributed by atoms with Crippen LogP contribution in [0.1, 0.15) is 452 Å². The van der Waals surface area contributed by atoms with Gasteiger partial charge in [-0.1, -0.05) is 401 Å². The van der Waals surface area contributed by atoms with Crippen molar-refractivity contribution in [1.29, 1.82) is 0 Å². The van der Waals surface area contributed by atoms with Crippen LogP contribution in [0.15, 0.2) is 0 Å². The first-order valence-electron chi connectivity index (χ1n) is 44.0. The lowest BCUT2D eigenvalue weighted by atomic mass is 9.99. The second-order valence-corrected chi connectivity index (χ2v) is 34.2. The molecule has 0 aliphatic heterocycles. The van der Waals surface area contributed by atoms with Crippen molar-refractivity contribution >= 4 is 39.5 Å². The molecule has 19 heteroatoms. The normalized spacial score (nSPS) is 14.1. The Morgan fingerprint density at radius 3 is 0.731 bits per heavy atom. The molecule has 0 aromatic rings. The fourth-order valence-corrected chi connectivity index (χ4v) is 14.8. The van der Waals surface area contributed by atoms with Crippen molar-refractivity contribution in [1.82, 2.24) is 0 Å². The summed E-state index contributed by atoms with van der Waals surface area (Å²) < 4.78 is 68.8. The lowest BCUT2D eigenvalue weighted by Crippen LogP contribution is -2.30. The molecule has 0 aliphatic carbocycles. The zero-order valence-corrected chi connectivity index (χ0v) is 70.1. The molecule has 3 N–H and O–H groups in total. The molecule has 618 valence electrons. The average Bonchev–Trinajstić information content (AvgIpc) is 0.903. The number of aliphatic hydroxyl groups excluding tert-OH is 1. The summed E-state index contributed by atoms with van der Waals surface area (Å²) in [6.45, 7) is 9.71. The smallest absolute Gasteiger partial charge is 0.462 e. The number of carbonyl (C=O) groups is 4. The van der Waals surface area contributed by atoms with E-state index >= 15 is 0 Å². The number of unbranched alkanes of at least 4 members (excludes halogenated alkanes) is 53. The van der Waals surface area contributed by atoms with Crippen molar-refractivity contribution in [3.05, 3.63) is 0 Å². The van der Waals surface area contributed by atoms with Crippen LogP contribution in [0.2, 0.25) is 0 Å². The summed E-state index contributed by atoms with van der Waals surface area (Å²) in [5.74, 6) is -0.479. The third kappa shape index (κ3) is 76.8. The van der Waals surface area contributed by atoms with E-state index < -0.39 is 97.5 Å². The quantitative estimate of drug-likeness (QED) is 0.0222. The van der Waals surface area contributed by atoms with Crippen LogP contribution >= 0.6 is 15.6 Å². The van der Waals surface area contributed by atoms with Gasteiger partial charge in [0, 0.05) is 25.7 Å². The maximum Gasteiger partial charge on any atom is 0.472 e. The lowest BCUT2D eigenvalue weighted by Gasteiger charge is -2.21. The molecule has 104 heavy (non-hydrogen) atoms. The fourth-order valence-electron chi connectivity index (χ4n) is 13.2. The van der Waals surface area contributed by atoms with Gasteiger partial charge in [-0.3, -0.25) is 37.3 Å². The summed E-state index contributed by atoms with van der Waals surface area (Å²) in [6.07, 6.45) is 68.1. The lowest BCUT2D eigenvalue weighted by molar-refractivity contribution is -0.161. The molecule has 3 unspecified atom stereocenters. The van der Waals surface area contributed by atoms with Gasteiger partial charge in [0.25, 0.3) is 0 Å². The molecule has 17 nitrogen and oxygen atoms in total. The third-order valence-electron chi connectivity index (χ3n) is 20.3. The van der Waals surface area contributed by atoms with Crippen LogP contribution in [0.3, 0.4) is 0 Å². The highest BCUT2D eigenvalue weighted by molar-refractivity contribution is 7.47. The Bertz CT molecular complexity index is 2000. The number of aliphatic hydroxyl groups is 1. The number of phosphoric ester groups is 2.